The number of amides is 2. The van der Waals surface area contributed by atoms with Crippen LogP contribution in [0.15, 0.2) is 207 Å². The number of nitriles is 2. The second-order valence-electron chi connectivity index (χ2n) is 18.8. The minimum absolute atomic E-state index is 0.244. The highest BCUT2D eigenvalue weighted by Gasteiger charge is 2.22. The Morgan fingerprint density at radius 2 is 1.02 bits per heavy atom. The van der Waals surface area contributed by atoms with E-state index in [1.165, 1.54) is 0 Å². The van der Waals surface area contributed by atoms with Gasteiger partial charge >= 0.3 is 0 Å². The lowest BCUT2D eigenvalue weighted by Crippen LogP contribution is -2.22. The Bertz CT molecular complexity index is 4440. The molecule has 0 spiro atoms. The van der Waals surface area contributed by atoms with E-state index < -0.39 is 0 Å². The summed E-state index contributed by atoms with van der Waals surface area (Å²) in [6.07, 6.45) is 5.29. The van der Waals surface area contributed by atoms with Gasteiger partial charge in [-0.1, -0.05) is 78.9 Å². The summed E-state index contributed by atoms with van der Waals surface area (Å²) in [7, 11) is 0. The summed E-state index contributed by atoms with van der Waals surface area (Å²) < 4.78 is 3.91. The first-order valence-electron chi connectivity index (χ1n) is 25.3. The molecule has 382 valence electrons. The first-order chi connectivity index (χ1) is 39.2. The number of nitrogens with two attached hydrogens (primary N) is 2. The molecule has 0 bridgehead atoms. The van der Waals surface area contributed by atoms with Crippen molar-refractivity contribution >= 4 is 45.8 Å². The molecular formula is C64H44N14O2. The number of hydrogen-bond acceptors (Lipinski definition) is 12. The number of rotatable bonds is 13. The minimum Gasteiger partial charge on any atom is -0.383 e. The third-order valence-corrected chi connectivity index (χ3v) is 13.7. The van der Waals surface area contributed by atoms with Gasteiger partial charge in [-0.25, -0.2) is 29.9 Å². The molecule has 0 radical (unpaired) electrons. The summed E-state index contributed by atoms with van der Waals surface area (Å²) in [4.78, 5) is 55.4. The molecule has 0 aliphatic carbocycles. The molecule has 0 saturated carbocycles. The van der Waals surface area contributed by atoms with E-state index in [1.807, 2.05) is 161 Å². The first-order valence-corrected chi connectivity index (χ1v) is 25.3. The van der Waals surface area contributed by atoms with Gasteiger partial charge in [0.2, 0.25) is 0 Å². The van der Waals surface area contributed by atoms with E-state index in [0.717, 1.165) is 50.3 Å². The van der Waals surface area contributed by atoms with Crippen LogP contribution in [0.1, 0.15) is 43.0 Å². The maximum Gasteiger partial charge on any atom is 0.251 e. The number of imidazole rings is 2. The zero-order valence-corrected chi connectivity index (χ0v) is 42.5. The lowest BCUT2D eigenvalue weighted by molar-refractivity contribution is 0.0943. The number of aromatic nitrogens is 8. The van der Waals surface area contributed by atoms with Gasteiger partial charge in [-0.2, -0.15) is 10.5 Å². The average molecular weight is 1040 g/mol. The van der Waals surface area contributed by atoms with Crippen LogP contribution in [-0.4, -0.2) is 50.9 Å². The molecule has 0 fully saturated rings. The average Bonchev–Trinajstić information content (AvgIpc) is 4.10. The molecule has 16 nitrogen and oxygen atoms in total. The fourth-order valence-electron chi connectivity index (χ4n) is 9.54. The van der Waals surface area contributed by atoms with Gasteiger partial charge in [0.05, 0.1) is 40.1 Å². The monoisotopic (exact) mass is 1040 g/mol. The van der Waals surface area contributed by atoms with E-state index in [9.17, 15) is 14.9 Å². The Hall–Kier alpha value is -11.6. The third-order valence-electron chi connectivity index (χ3n) is 13.7. The highest BCUT2D eigenvalue weighted by molar-refractivity contribution is 5.95. The maximum absolute atomic E-state index is 12.9. The Kier molecular flexibility index (Phi) is 13.0. The predicted molar refractivity (Wildman–Crippen MR) is 308 cm³/mol. The van der Waals surface area contributed by atoms with E-state index in [4.69, 9.17) is 41.6 Å². The molecule has 80 heavy (non-hydrogen) atoms. The largest absolute Gasteiger partial charge is 0.383 e. The van der Waals surface area contributed by atoms with Gasteiger partial charge in [-0.15, -0.1) is 0 Å². The summed E-state index contributed by atoms with van der Waals surface area (Å²) >= 11 is 0. The Balaban J connectivity index is 0.837. The Morgan fingerprint density at radius 3 is 1.62 bits per heavy atom. The second-order valence-corrected chi connectivity index (χ2v) is 18.8. The van der Waals surface area contributed by atoms with Gasteiger partial charge < -0.3 is 22.1 Å². The number of nitrogen functional groups attached to an aromatic ring is 2. The summed E-state index contributed by atoms with van der Waals surface area (Å²) in [6.45, 7) is 0.565. The van der Waals surface area contributed by atoms with Crippen LogP contribution in [-0.2, 0) is 13.1 Å². The van der Waals surface area contributed by atoms with Crippen molar-refractivity contribution in [3.8, 4) is 79.8 Å². The van der Waals surface area contributed by atoms with Crippen LogP contribution in [0.2, 0.25) is 0 Å². The van der Waals surface area contributed by atoms with E-state index in [1.54, 1.807) is 54.7 Å². The SMILES string of the molecule is N#Cc1ccc(C(=O)NCc2ccc(-n3c(-c4ccc(-c5cccc(-c6cnc7c(c6)nc(-c6cccnc6N)n7-c6ccc(CNC(=O)c7cccc(C#N)c7)cc6)c5)nc4N)nc4cc(-c5ccccc5)cnc43)cc2)cc1. The van der Waals surface area contributed by atoms with Crippen molar-refractivity contribution in [2.75, 3.05) is 11.5 Å². The number of carbonyl (C=O) groups excluding carboxylic acids is 2. The Labute approximate surface area is 458 Å². The zero-order chi connectivity index (χ0) is 54.7. The summed E-state index contributed by atoms with van der Waals surface area (Å²) in [5.74, 6) is 1.17. The molecule has 6 heterocycles. The van der Waals surface area contributed by atoms with Gasteiger partial charge in [-0.05, 0) is 131 Å². The second kappa shape index (κ2) is 21.2. The number of nitrogens with one attached hydrogen (secondary N) is 2. The van der Waals surface area contributed by atoms with Crippen LogP contribution in [0.25, 0.3) is 90.0 Å². The summed E-state index contributed by atoms with van der Waals surface area (Å²) in [5, 5.41) is 24.3. The van der Waals surface area contributed by atoms with E-state index in [2.05, 4.69) is 27.8 Å². The van der Waals surface area contributed by atoms with Crippen molar-refractivity contribution in [3.05, 3.63) is 240 Å². The lowest BCUT2D eigenvalue weighted by Gasteiger charge is -2.13. The van der Waals surface area contributed by atoms with Crippen molar-refractivity contribution in [2.45, 2.75) is 13.1 Å². The fraction of sp³-hybridized carbons (Fsp3) is 0.0312. The molecular weight excluding hydrogens is 997 g/mol. The molecule has 2 amide bonds. The zero-order valence-electron chi connectivity index (χ0n) is 42.5. The number of hydrogen-bond donors (Lipinski definition) is 4. The van der Waals surface area contributed by atoms with E-state index in [-0.39, 0.29) is 30.7 Å². The van der Waals surface area contributed by atoms with Gasteiger partial charge in [0, 0.05) is 70.9 Å². The van der Waals surface area contributed by atoms with Crippen LogP contribution in [0.5, 0.6) is 0 Å². The number of anilines is 2. The van der Waals surface area contributed by atoms with Crippen LogP contribution in [0.3, 0.4) is 0 Å². The van der Waals surface area contributed by atoms with Gasteiger partial charge in [0.15, 0.2) is 22.9 Å². The molecule has 12 rings (SSSR count). The molecule has 0 aliphatic heterocycles. The number of carbonyl (C=O) groups is 2. The molecule has 16 heteroatoms. The molecule has 0 aliphatic rings. The molecule has 12 aromatic rings. The highest BCUT2D eigenvalue weighted by atomic mass is 16.2. The lowest BCUT2D eigenvalue weighted by atomic mass is 10.0. The summed E-state index contributed by atoms with van der Waals surface area (Å²) in [6, 6.07) is 62.3. The first kappa shape index (κ1) is 49.3. The van der Waals surface area contributed by atoms with Crippen molar-refractivity contribution in [3.63, 3.8) is 0 Å². The molecule has 0 saturated heterocycles. The topological polar surface area (TPSA) is 245 Å². The summed E-state index contributed by atoms with van der Waals surface area (Å²) in [5.41, 5.74) is 27.3. The molecule has 6 aromatic carbocycles. The van der Waals surface area contributed by atoms with E-state index in [0.29, 0.717) is 78.9 Å². The van der Waals surface area contributed by atoms with Crippen LogP contribution in [0, 0.1) is 22.7 Å². The third kappa shape index (κ3) is 9.77. The normalized spacial score (nSPS) is 11.0. The minimum atomic E-state index is -0.278. The number of pyridine rings is 4. The number of nitrogens with zero attached hydrogens (tertiary/aromatic N) is 10. The van der Waals surface area contributed by atoms with Crippen LogP contribution < -0.4 is 22.1 Å². The molecule has 6 N–H and O–H groups in total. The molecule has 6 aromatic heterocycles. The van der Waals surface area contributed by atoms with Gasteiger partial charge in [0.1, 0.15) is 22.7 Å². The molecule has 0 atom stereocenters. The van der Waals surface area contributed by atoms with Crippen molar-refractivity contribution in [1.82, 2.24) is 49.7 Å². The standard InChI is InChI=1S/C64H44N14O2/c65-33-39-14-20-44(21-15-39)63(79)72-35-40-16-24-51(25-17-40)78-60(76-55-31-48(37-70-61(55)78)43-8-2-1-3-9-43)53-26-27-54(74-58(53)68)46-11-5-10-45(30-46)49-32-56-62(71-38-49)77(59(75-56)52-13-6-28-69-57(52)67)50-22-18-41(19-23-50)36-73-64(80)47-12-4-7-42(29-47)34-66/h1-32,37-38H,35-36H2,(H2,67,69)(H2,68,74)(H,72,79)(H,73,80). The molecule has 0 unspecified atom stereocenters. The number of fused-ring (bicyclic) bond motifs is 2. The van der Waals surface area contributed by atoms with Gasteiger partial charge in [0.25, 0.3) is 11.8 Å². The highest BCUT2D eigenvalue weighted by Crippen LogP contribution is 2.36. The van der Waals surface area contributed by atoms with Gasteiger partial charge in [-0.3, -0.25) is 18.7 Å². The quantitative estimate of drug-likeness (QED) is 0.0842. The van der Waals surface area contributed by atoms with Crippen molar-refractivity contribution in [2.24, 2.45) is 0 Å². The number of benzene rings is 6. The predicted octanol–water partition coefficient (Wildman–Crippen LogP) is 11.0. The maximum atomic E-state index is 12.9. The van der Waals surface area contributed by atoms with Crippen molar-refractivity contribution < 1.29 is 9.59 Å². The smallest absolute Gasteiger partial charge is 0.251 e. The van der Waals surface area contributed by atoms with Crippen LogP contribution in [0.4, 0.5) is 11.6 Å². The van der Waals surface area contributed by atoms with Crippen molar-refractivity contribution in [1.29, 1.82) is 10.5 Å². The fourth-order valence-corrected chi connectivity index (χ4v) is 9.54. The van der Waals surface area contributed by atoms with Crippen LogP contribution >= 0.6 is 0 Å². The van der Waals surface area contributed by atoms with E-state index >= 15 is 0 Å². The Morgan fingerprint density at radius 1 is 0.463 bits per heavy atom.